The fourth-order valence-corrected chi connectivity index (χ4v) is 3.74. The Bertz CT molecular complexity index is 981. The summed E-state index contributed by atoms with van der Waals surface area (Å²) in [6.07, 6.45) is 4.09. The Labute approximate surface area is 180 Å². The zero-order chi connectivity index (χ0) is 22.4. The number of hydrogen-bond acceptors (Lipinski definition) is 4. The number of carbonyl (C=O) groups is 3. The van der Waals surface area contributed by atoms with Gasteiger partial charge in [0.15, 0.2) is 0 Å². The Morgan fingerprint density at radius 1 is 1.06 bits per heavy atom. The van der Waals surface area contributed by atoms with Crippen LogP contribution >= 0.6 is 0 Å². The quantitative estimate of drug-likeness (QED) is 0.570. The summed E-state index contributed by atoms with van der Waals surface area (Å²) in [5.41, 5.74) is 4.30. The van der Waals surface area contributed by atoms with Gasteiger partial charge in [-0.2, -0.15) is 0 Å². The molecular formula is C24H24N2O5. The number of carboxylic acids is 1. The van der Waals surface area contributed by atoms with E-state index in [1.807, 2.05) is 48.5 Å². The number of carbonyl (C=O) groups excluding carboxylic acids is 2. The molecule has 1 aliphatic carbocycles. The Kier molecular flexibility index (Phi) is 6.93. The van der Waals surface area contributed by atoms with Crippen molar-refractivity contribution < 1.29 is 24.2 Å². The second-order valence-corrected chi connectivity index (χ2v) is 7.44. The van der Waals surface area contributed by atoms with Gasteiger partial charge in [-0.1, -0.05) is 48.5 Å². The number of nitrogens with one attached hydrogen (secondary N) is 2. The van der Waals surface area contributed by atoms with E-state index in [0.29, 0.717) is 0 Å². The van der Waals surface area contributed by atoms with Crippen molar-refractivity contribution >= 4 is 18.0 Å². The number of alkyl carbamates (subject to hydrolysis) is 1. The van der Waals surface area contributed by atoms with Gasteiger partial charge in [0.25, 0.3) is 0 Å². The van der Waals surface area contributed by atoms with Gasteiger partial charge >= 0.3 is 12.1 Å². The Hall–Kier alpha value is -3.79. The molecular weight excluding hydrogens is 396 g/mol. The van der Waals surface area contributed by atoms with Crippen molar-refractivity contribution in [2.45, 2.75) is 37.8 Å². The fraction of sp³-hybridized carbons (Fsp3) is 0.292. The molecule has 7 nitrogen and oxygen atoms in total. The highest BCUT2D eigenvalue weighted by Gasteiger charge is 2.30. The van der Waals surface area contributed by atoms with Crippen LogP contribution in [-0.4, -0.2) is 41.8 Å². The Balaban J connectivity index is 1.66. The highest BCUT2D eigenvalue weighted by atomic mass is 16.5. The first-order valence-corrected chi connectivity index (χ1v) is 9.97. The van der Waals surface area contributed by atoms with Gasteiger partial charge in [-0.25, -0.2) is 4.79 Å². The lowest BCUT2D eigenvalue weighted by molar-refractivity contribution is -0.140. The molecule has 7 heteroatoms. The number of benzene rings is 2. The van der Waals surface area contributed by atoms with Gasteiger partial charge in [0, 0.05) is 18.4 Å². The number of carboxylic acid groups (broad SMARTS) is 1. The van der Waals surface area contributed by atoms with Gasteiger partial charge in [-0.3, -0.25) is 9.59 Å². The minimum absolute atomic E-state index is 0.0643. The molecule has 1 aliphatic rings. The van der Waals surface area contributed by atoms with Crippen molar-refractivity contribution in [3.05, 3.63) is 59.7 Å². The molecule has 2 atom stereocenters. The second-order valence-electron chi connectivity index (χ2n) is 7.44. The van der Waals surface area contributed by atoms with Crippen molar-refractivity contribution in [1.29, 1.82) is 0 Å². The lowest BCUT2D eigenvalue weighted by atomic mass is 9.98. The van der Waals surface area contributed by atoms with E-state index in [-0.39, 0.29) is 25.0 Å². The van der Waals surface area contributed by atoms with Gasteiger partial charge in [0.2, 0.25) is 5.91 Å². The first-order valence-electron chi connectivity index (χ1n) is 9.97. The molecule has 2 aromatic carbocycles. The van der Waals surface area contributed by atoms with Crippen LogP contribution in [0.2, 0.25) is 0 Å². The summed E-state index contributed by atoms with van der Waals surface area (Å²) in [7, 11) is 0. The maximum absolute atomic E-state index is 12.4. The van der Waals surface area contributed by atoms with Gasteiger partial charge in [-0.05, 0) is 29.2 Å². The summed E-state index contributed by atoms with van der Waals surface area (Å²) in [4.78, 5) is 35.9. The van der Waals surface area contributed by atoms with Crippen LogP contribution in [0.1, 0.15) is 36.8 Å². The molecule has 0 fully saturated rings. The van der Waals surface area contributed by atoms with Crippen LogP contribution in [0, 0.1) is 12.3 Å². The van der Waals surface area contributed by atoms with Crippen LogP contribution in [0.15, 0.2) is 48.5 Å². The van der Waals surface area contributed by atoms with E-state index in [9.17, 15) is 14.4 Å². The van der Waals surface area contributed by atoms with Gasteiger partial charge < -0.3 is 20.5 Å². The second kappa shape index (κ2) is 9.81. The number of aliphatic carboxylic acids is 1. The SMILES string of the molecule is C#CCC(C)NC(=O)C(CC(=O)O)NC(=O)OCC1c2ccccc2-c2ccccc21. The van der Waals surface area contributed by atoms with Crippen molar-refractivity contribution in [1.82, 2.24) is 10.6 Å². The predicted molar refractivity (Wildman–Crippen MR) is 115 cm³/mol. The molecule has 0 saturated carbocycles. The van der Waals surface area contributed by atoms with Crippen LogP contribution < -0.4 is 10.6 Å². The van der Waals surface area contributed by atoms with E-state index in [4.69, 9.17) is 16.3 Å². The molecule has 3 N–H and O–H groups in total. The average molecular weight is 420 g/mol. The van der Waals surface area contributed by atoms with Crippen molar-refractivity contribution in [2.24, 2.45) is 0 Å². The van der Waals surface area contributed by atoms with Crippen LogP contribution in [0.5, 0.6) is 0 Å². The van der Waals surface area contributed by atoms with Crippen LogP contribution in [0.3, 0.4) is 0 Å². The topological polar surface area (TPSA) is 105 Å². The molecule has 0 aliphatic heterocycles. The highest BCUT2D eigenvalue weighted by molar-refractivity contribution is 5.89. The average Bonchev–Trinajstić information content (AvgIpc) is 3.05. The van der Waals surface area contributed by atoms with Crippen molar-refractivity contribution in [2.75, 3.05) is 6.61 Å². The zero-order valence-electron chi connectivity index (χ0n) is 17.1. The minimum atomic E-state index is -1.27. The monoisotopic (exact) mass is 420 g/mol. The van der Waals surface area contributed by atoms with E-state index < -0.39 is 30.4 Å². The van der Waals surface area contributed by atoms with Gasteiger partial charge in [-0.15, -0.1) is 12.3 Å². The summed E-state index contributed by atoms with van der Waals surface area (Å²) in [5.74, 6) is 0.435. The summed E-state index contributed by atoms with van der Waals surface area (Å²) < 4.78 is 5.40. The van der Waals surface area contributed by atoms with Gasteiger partial charge in [0.1, 0.15) is 12.6 Å². The standard InChI is InChI=1S/C24H24N2O5/c1-3-8-15(2)25-23(29)21(13-22(27)28)26-24(30)31-14-20-18-11-6-4-9-16(18)17-10-5-7-12-19(17)20/h1,4-7,9-12,15,20-21H,8,13-14H2,2H3,(H,25,29)(H,26,30)(H,27,28). The molecule has 0 saturated heterocycles. The van der Waals surface area contributed by atoms with E-state index in [0.717, 1.165) is 22.3 Å². The molecule has 2 aromatic rings. The number of fused-ring (bicyclic) bond motifs is 3. The molecule has 31 heavy (non-hydrogen) atoms. The van der Waals surface area contributed by atoms with E-state index in [1.165, 1.54) is 0 Å². The first-order chi connectivity index (χ1) is 14.9. The molecule has 2 unspecified atom stereocenters. The first kappa shape index (κ1) is 21.9. The maximum atomic E-state index is 12.4. The third kappa shape index (κ3) is 5.23. The Morgan fingerprint density at radius 2 is 1.65 bits per heavy atom. The molecule has 160 valence electrons. The lowest BCUT2D eigenvalue weighted by Crippen LogP contribution is -2.50. The molecule has 2 amide bonds. The normalized spacial score (nSPS) is 13.8. The molecule has 0 bridgehead atoms. The van der Waals surface area contributed by atoms with E-state index in [1.54, 1.807) is 6.92 Å². The Morgan fingerprint density at radius 3 is 2.19 bits per heavy atom. The van der Waals surface area contributed by atoms with Crippen LogP contribution in [-0.2, 0) is 14.3 Å². The number of rotatable bonds is 8. The van der Waals surface area contributed by atoms with E-state index in [2.05, 4.69) is 16.6 Å². The maximum Gasteiger partial charge on any atom is 0.407 e. The number of amides is 2. The smallest absolute Gasteiger partial charge is 0.407 e. The highest BCUT2D eigenvalue weighted by Crippen LogP contribution is 2.44. The van der Waals surface area contributed by atoms with Crippen molar-refractivity contribution in [3.8, 4) is 23.5 Å². The van der Waals surface area contributed by atoms with E-state index >= 15 is 0 Å². The summed E-state index contributed by atoms with van der Waals surface area (Å²) in [6.45, 7) is 1.76. The zero-order valence-corrected chi connectivity index (χ0v) is 17.1. The summed E-state index contributed by atoms with van der Waals surface area (Å²) in [5, 5.41) is 14.1. The van der Waals surface area contributed by atoms with Crippen LogP contribution in [0.25, 0.3) is 11.1 Å². The largest absolute Gasteiger partial charge is 0.481 e. The minimum Gasteiger partial charge on any atom is -0.481 e. The molecule has 0 spiro atoms. The number of terminal acetylenes is 1. The summed E-state index contributed by atoms with van der Waals surface area (Å²) >= 11 is 0. The molecule has 0 radical (unpaired) electrons. The fourth-order valence-electron chi connectivity index (χ4n) is 3.74. The lowest BCUT2D eigenvalue weighted by Gasteiger charge is -2.20. The predicted octanol–water partition coefficient (Wildman–Crippen LogP) is 2.90. The van der Waals surface area contributed by atoms with Crippen molar-refractivity contribution in [3.63, 3.8) is 0 Å². The van der Waals surface area contributed by atoms with Crippen LogP contribution in [0.4, 0.5) is 4.79 Å². The molecule has 0 heterocycles. The number of hydrogen-bond donors (Lipinski definition) is 3. The third-order valence-corrected chi connectivity index (χ3v) is 5.14. The van der Waals surface area contributed by atoms with Gasteiger partial charge in [0.05, 0.1) is 6.42 Å². The number of ether oxygens (including phenoxy) is 1. The molecule has 0 aromatic heterocycles. The molecule has 3 rings (SSSR count). The summed E-state index contributed by atoms with van der Waals surface area (Å²) in [6, 6.07) is 14.2. The third-order valence-electron chi connectivity index (χ3n) is 5.14.